The molecule has 0 fully saturated rings. The van der Waals surface area contributed by atoms with E-state index in [4.69, 9.17) is 9.47 Å². The maximum absolute atomic E-state index is 13.0. The van der Waals surface area contributed by atoms with E-state index in [0.29, 0.717) is 22.7 Å². The number of imide groups is 1. The Bertz CT molecular complexity index is 945. The van der Waals surface area contributed by atoms with Gasteiger partial charge in [0.25, 0.3) is 5.91 Å². The molecular weight excluding hydrogens is 334 g/mol. The molecule has 134 valence electrons. The number of anilines is 1. The van der Waals surface area contributed by atoms with Crippen LogP contribution in [0.1, 0.15) is 16.7 Å². The van der Waals surface area contributed by atoms with Crippen LogP contribution >= 0.6 is 0 Å². The van der Waals surface area contributed by atoms with Crippen LogP contribution in [0.2, 0.25) is 0 Å². The zero-order valence-electron chi connectivity index (χ0n) is 15.0. The minimum Gasteiger partial charge on any atom is -0.502 e. The van der Waals surface area contributed by atoms with E-state index in [9.17, 15) is 14.7 Å². The highest BCUT2D eigenvalue weighted by Crippen LogP contribution is 2.37. The summed E-state index contributed by atoms with van der Waals surface area (Å²) in [6, 6.07) is 10.1. The largest absolute Gasteiger partial charge is 0.502 e. The van der Waals surface area contributed by atoms with Gasteiger partial charge in [-0.1, -0.05) is 18.2 Å². The third-order valence-electron chi connectivity index (χ3n) is 4.55. The predicted octanol–water partition coefficient (Wildman–Crippen LogP) is 3.16. The normalized spacial score (nSPS) is 14.2. The summed E-state index contributed by atoms with van der Waals surface area (Å²) in [5.41, 5.74) is 2.53. The van der Waals surface area contributed by atoms with Gasteiger partial charge in [-0.05, 0) is 48.7 Å². The summed E-state index contributed by atoms with van der Waals surface area (Å²) in [6.45, 7) is 3.73. The molecule has 0 radical (unpaired) electrons. The minimum atomic E-state index is -0.742. The van der Waals surface area contributed by atoms with Gasteiger partial charge in [0.2, 0.25) is 0 Å². The number of aryl methyl sites for hydroxylation is 1. The van der Waals surface area contributed by atoms with Gasteiger partial charge >= 0.3 is 5.91 Å². The van der Waals surface area contributed by atoms with Crippen LogP contribution in [-0.4, -0.2) is 31.1 Å². The molecule has 3 rings (SSSR count). The highest BCUT2D eigenvalue weighted by atomic mass is 16.5. The van der Waals surface area contributed by atoms with Gasteiger partial charge in [-0.25, -0.2) is 4.90 Å². The lowest BCUT2D eigenvalue weighted by atomic mass is 10.0. The number of methoxy groups -OCH3 is 2. The number of carbonyl (C=O) groups excluding carboxylic acids is 2. The molecule has 6 heteroatoms. The SMILES string of the molecule is COc1ccc(C2=C(O)C(=O)N(c3cccc(C)c3C)C2=O)cc1OC. The van der Waals surface area contributed by atoms with Crippen LogP contribution in [-0.2, 0) is 9.59 Å². The molecule has 6 nitrogen and oxygen atoms in total. The highest BCUT2D eigenvalue weighted by molar-refractivity contribution is 6.45. The summed E-state index contributed by atoms with van der Waals surface area (Å²) in [5, 5.41) is 10.4. The zero-order chi connectivity index (χ0) is 19.0. The van der Waals surface area contributed by atoms with Crippen molar-refractivity contribution in [1.29, 1.82) is 0 Å². The Morgan fingerprint density at radius 1 is 0.923 bits per heavy atom. The molecule has 2 aromatic carbocycles. The Balaban J connectivity index is 2.09. The van der Waals surface area contributed by atoms with Crippen LogP contribution < -0.4 is 14.4 Å². The molecule has 2 aromatic rings. The Hall–Kier alpha value is -3.28. The Morgan fingerprint density at radius 2 is 1.62 bits per heavy atom. The third kappa shape index (κ3) is 2.60. The first-order valence-corrected chi connectivity index (χ1v) is 8.01. The topological polar surface area (TPSA) is 76.1 Å². The number of amides is 2. The number of hydrogen-bond acceptors (Lipinski definition) is 5. The van der Waals surface area contributed by atoms with E-state index in [2.05, 4.69) is 0 Å². The molecule has 0 bridgehead atoms. The van der Waals surface area contributed by atoms with Crippen LogP contribution in [0, 0.1) is 13.8 Å². The van der Waals surface area contributed by atoms with E-state index >= 15 is 0 Å². The number of hydrogen-bond donors (Lipinski definition) is 1. The van der Waals surface area contributed by atoms with Gasteiger partial charge < -0.3 is 14.6 Å². The van der Waals surface area contributed by atoms with Crippen molar-refractivity contribution in [3.05, 3.63) is 58.8 Å². The van der Waals surface area contributed by atoms with Gasteiger partial charge in [0.05, 0.1) is 25.5 Å². The molecule has 0 spiro atoms. The average molecular weight is 353 g/mol. The standard InChI is InChI=1S/C20H19NO5/c1-11-6-5-7-14(12(11)2)21-19(23)17(18(22)20(21)24)13-8-9-15(25-3)16(10-13)26-4/h5-10,22H,1-4H3. The third-order valence-corrected chi connectivity index (χ3v) is 4.55. The predicted molar refractivity (Wildman–Crippen MR) is 97.5 cm³/mol. The first kappa shape index (κ1) is 17.5. The number of nitrogens with zero attached hydrogens (tertiary/aromatic N) is 1. The number of aliphatic hydroxyl groups excluding tert-OH is 1. The van der Waals surface area contributed by atoms with Gasteiger partial charge in [-0.2, -0.15) is 0 Å². The van der Waals surface area contributed by atoms with Gasteiger partial charge in [0, 0.05) is 0 Å². The summed E-state index contributed by atoms with van der Waals surface area (Å²) in [7, 11) is 2.97. The van der Waals surface area contributed by atoms with Crippen LogP contribution in [0.25, 0.3) is 5.57 Å². The Morgan fingerprint density at radius 3 is 2.27 bits per heavy atom. The monoisotopic (exact) mass is 353 g/mol. The lowest BCUT2D eigenvalue weighted by molar-refractivity contribution is -0.121. The first-order chi connectivity index (χ1) is 12.4. The van der Waals surface area contributed by atoms with Gasteiger partial charge in [0.1, 0.15) is 0 Å². The van der Waals surface area contributed by atoms with Gasteiger partial charge in [-0.15, -0.1) is 0 Å². The summed E-state index contributed by atoms with van der Waals surface area (Å²) < 4.78 is 10.4. The zero-order valence-corrected chi connectivity index (χ0v) is 15.0. The van der Waals surface area contributed by atoms with Crippen LogP contribution in [0.15, 0.2) is 42.2 Å². The number of ether oxygens (including phenoxy) is 2. The molecule has 1 aliphatic rings. The number of rotatable bonds is 4. The van der Waals surface area contributed by atoms with Crippen molar-refractivity contribution < 1.29 is 24.2 Å². The summed E-state index contributed by atoms with van der Waals surface area (Å²) in [5.74, 6) is -1.01. The molecule has 1 N–H and O–H groups in total. The molecule has 0 atom stereocenters. The second kappa shape index (κ2) is 6.55. The molecule has 1 heterocycles. The molecule has 1 aliphatic heterocycles. The molecule has 0 aromatic heterocycles. The molecule has 26 heavy (non-hydrogen) atoms. The van der Waals surface area contributed by atoms with E-state index in [-0.39, 0.29) is 5.57 Å². The van der Waals surface area contributed by atoms with Crippen molar-refractivity contribution in [2.75, 3.05) is 19.1 Å². The fraction of sp³-hybridized carbons (Fsp3) is 0.200. The Labute approximate surface area is 151 Å². The maximum Gasteiger partial charge on any atom is 0.301 e. The summed E-state index contributed by atoms with van der Waals surface area (Å²) >= 11 is 0. The summed E-state index contributed by atoms with van der Waals surface area (Å²) in [4.78, 5) is 26.5. The second-order valence-electron chi connectivity index (χ2n) is 5.96. The number of carbonyl (C=O) groups is 2. The van der Waals surface area contributed by atoms with Gasteiger partial charge in [0.15, 0.2) is 17.3 Å². The fourth-order valence-electron chi connectivity index (χ4n) is 2.97. The van der Waals surface area contributed by atoms with E-state index < -0.39 is 17.6 Å². The van der Waals surface area contributed by atoms with Crippen molar-refractivity contribution in [2.45, 2.75) is 13.8 Å². The average Bonchev–Trinajstić information content (AvgIpc) is 2.86. The van der Waals surface area contributed by atoms with Crippen molar-refractivity contribution >= 4 is 23.1 Å². The smallest absolute Gasteiger partial charge is 0.301 e. The van der Waals surface area contributed by atoms with E-state index in [0.717, 1.165) is 16.0 Å². The van der Waals surface area contributed by atoms with E-state index in [1.807, 2.05) is 19.9 Å². The van der Waals surface area contributed by atoms with E-state index in [1.54, 1.807) is 30.3 Å². The maximum atomic E-state index is 13.0. The van der Waals surface area contributed by atoms with Gasteiger partial charge in [-0.3, -0.25) is 9.59 Å². The minimum absolute atomic E-state index is 0.0585. The lowest BCUT2D eigenvalue weighted by Crippen LogP contribution is -2.32. The van der Waals surface area contributed by atoms with E-state index in [1.165, 1.54) is 14.2 Å². The van der Waals surface area contributed by atoms with Crippen molar-refractivity contribution in [1.82, 2.24) is 0 Å². The van der Waals surface area contributed by atoms with Crippen molar-refractivity contribution in [3.63, 3.8) is 0 Å². The molecule has 0 unspecified atom stereocenters. The van der Waals surface area contributed by atoms with Crippen molar-refractivity contribution in [3.8, 4) is 11.5 Å². The molecular formula is C20H19NO5. The van der Waals surface area contributed by atoms with Crippen molar-refractivity contribution in [2.24, 2.45) is 0 Å². The molecule has 2 amide bonds. The summed E-state index contributed by atoms with van der Waals surface area (Å²) in [6.07, 6.45) is 0. The number of benzene rings is 2. The Kier molecular flexibility index (Phi) is 4.42. The fourth-order valence-corrected chi connectivity index (χ4v) is 2.97. The van der Waals surface area contributed by atoms with Crippen LogP contribution in [0.5, 0.6) is 11.5 Å². The number of aliphatic hydroxyl groups is 1. The highest BCUT2D eigenvalue weighted by Gasteiger charge is 2.41. The molecule has 0 saturated heterocycles. The van der Waals surface area contributed by atoms with Crippen LogP contribution in [0.3, 0.4) is 0 Å². The first-order valence-electron chi connectivity index (χ1n) is 8.01. The quantitative estimate of drug-likeness (QED) is 0.855. The lowest BCUT2D eigenvalue weighted by Gasteiger charge is -2.18. The second-order valence-corrected chi connectivity index (χ2v) is 5.96. The van der Waals surface area contributed by atoms with Crippen LogP contribution in [0.4, 0.5) is 5.69 Å². The molecule has 0 aliphatic carbocycles. The molecule has 0 saturated carbocycles.